The van der Waals surface area contributed by atoms with Gasteiger partial charge >= 0.3 is 18.1 Å². The molecule has 0 bridgehead atoms. The van der Waals surface area contributed by atoms with Crippen LogP contribution < -0.4 is 90.3 Å². The van der Waals surface area contributed by atoms with Gasteiger partial charge in [-0.1, -0.05) is 148 Å². The summed E-state index contributed by atoms with van der Waals surface area (Å²) in [5.74, 6) is -0.422. The predicted octanol–water partition coefficient (Wildman–Crippen LogP) is 15.3. The molecule has 10 aromatic rings. The Morgan fingerprint density at radius 1 is 0.287 bits per heavy atom. The third kappa shape index (κ3) is 30.7. The van der Waals surface area contributed by atoms with Gasteiger partial charge < -0.3 is 36.1 Å². The number of carbonyl (C=O) groups is 8. The molecule has 0 unspecified atom stereocenters. The van der Waals surface area contributed by atoms with Crippen LogP contribution in [0.5, 0.6) is 11.5 Å². The van der Waals surface area contributed by atoms with Crippen LogP contribution in [0.1, 0.15) is 79.6 Å². The van der Waals surface area contributed by atoms with Crippen molar-refractivity contribution >= 4 is 157 Å². The Labute approximate surface area is 654 Å². The van der Waals surface area contributed by atoms with Crippen LogP contribution in [0.15, 0.2) is 237 Å². The zero-order valence-electron chi connectivity index (χ0n) is 58.9. The minimum Gasteiger partial charge on any atom is -0.497 e. The number of hydrogen-bond acceptors (Lipinski definition) is 12. The van der Waals surface area contributed by atoms with Gasteiger partial charge in [0.2, 0.25) is 0 Å². The number of carbonyl (C=O) groups excluding carboxylic acids is 8. The Bertz CT molecular complexity index is 4730. The molecule has 25 nitrogen and oxygen atoms in total. The third-order valence-electron chi connectivity index (χ3n) is 14.2. The van der Waals surface area contributed by atoms with Crippen LogP contribution in [0.3, 0.4) is 0 Å². The largest absolute Gasteiger partial charge is 0.497 e. The molecule has 11 amide bonds. The molecule has 31 heteroatoms. The molecule has 0 spiro atoms. The van der Waals surface area contributed by atoms with Crippen molar-refractivity contribution in [2.45, 2.75) is 34.6 Å². The summed E-state index contributed by atoms with van der Waals surface area (Å²) in [6.45, 7) is 9.66. The summed E-state index contributed by atoms with van der Waals surface area (Å²) in [5.41, 5.74) is 35.0. The van der Waals surface area contributed by atoms with Crippen LogP contribution in [0.4, 0.5) is 42.8 Å². The zero-order chi connectivity index (χ0) is 78.5. The number of nitrogens with one attached hydrogen (secondary N) is 15. The summed E-state index contributed by atoms with van der Waals surface area (Å²) in [6.07, 6.45) is 0. The first-order valence-corrected chi connectivity index (χ1v) is 34.5. The van der Waals surface area contributed by atoms with E-state index in [1.54, 1.807) is 147 Å². The van der Waals surface area contributed by atoms with Crippen molar-refractivity contribution in [3.63, 3.8) is 0 Å². The summed E-state index contributed by atoms with van der Waals surface area (Å²) < 4.78 is 10.1. The summed E-state index contributed by atoms with van der Waals surface area (Å²) in [7, 11) is 3.12. The normalized spacial score (nSPS) is 9.81. The number of anilines is 5. The van der Waals surface area contributed by atoms with Gasteiger partial charge in [0.25, 0.3) is 29.5 Å². The summed E-state index contributed by atoms with van der Waals surface area (Å²) in [5, 5.41) is 16.0. The van der Waals surface area contributed by atoms with Gasteiger partial charge in [-0.25, -0.2) is 30.7 Å². The van der Waals surface area contributed by atoms with Crippen LogP contribution in [0.25, 0.3) is 0 Å². The molecule has 108 heavy (non-hydrogen) atoms. The smallest absolute Gasteiger partial charge is 0.337 e. The fourth-order valence-electron chi connectivity index (χ4n) is 8.38. The van der Waals surface area contributed by atoms with Gasteiger partial charge in [-0.05, 0) is 222 Å². The Morgan fingerprint density at radius 2 is 0.630 bits per heavy atom. The van der Waals surface area contributed by atoms with Crippen molar-refractivity contribution in [2.24, 2.45) is 0 Å². The molecule has 0 atom stereocenters. The SMILES string of the molecule is COc1ccc(C(=O)NNC(=O)Nc2ccc(C)c(Cl)c2)cc1.COc1ccc(C(=O)NNC(=S)Nc2ccccc2C)cc1.Cc1ccc(C(=O)NNC(=O)Nc2ccc(Cl)c(Cl)c2)cc1.Cc1ccc(C(=O)NNC(=O)Nc2cccc(Cl)c2)cc1.Cc1ccc(C(=O)NNC(=S)Nc2ccccc2)cc1. The lowest BCUT2D eigenvalue weighted by Crippen LogP contribution is -2.43. The Balaban J connectivity index is 0.000000211. The van der Waals surface area contributed by atoms with Crippen molar-refractivity contribution in [3.05, 3.63) is 312 Å². The average molecular weight is 1580 g/mol. The molecule has 558 valence electrons. The van der Waals surface area contributed by atoms with E-state index < -0.39 is 35.8 Å². The van der Waals surface area contributed by atoms with E-state index in [0.717, 1.165) is 39.2 Å². The van der Waals surface area contributed by atoms with Gasteiger partial charge in [-0.3, -0.25) is 62.0 Å². The van der Waals surface area contributed by atoms with Crippen molar-refractivity contribution in [2.75, 3.05) is 40.8 Å². The molecule has 0 heterocycles. The molecule has 10 rings (SSSR count). The first-order chi connectivity index (χ1) is 51.7. The van der Waals surface area contributed by atoms with Gasteiger partial charge in [0.15, 0.2) is 10.2 Å². The van der Waals surface area contributed by atoms with Crippen LogP contribution in [0, 0.1) is 34.6 Å². The predicted molar refractivity (Wildman–Crippen MR) is 434 cm³/mol. The number of amides is 11. The second-order valence-corrected chi connectivity index (χ2v) is 25.0. The molecule has 0 aromatic heterocycles. The van der Waals surface area contributed by atoms with Gasteiger partial charge in [0, 0.05) is 66.3 Å². The van der Waals surface area contributed by atoms with Gasteiger partial charge in [0.1, 0.15) is 11.5 Å². The summed E-state index contributed by atoms with van der Waals surface area (Å²) >= 11 is 33.6. The lowest BCUT2D eigenvalue weighted by atomic mass is 10.1. The van der Waals surface area contributed by atoms with E-state index in [1.165, 1.54) is 13.2 Å². The lowest BCUT2D eigenvalue weighted by Gasteiger charge is -2.13. The van der Waals surface area contributed by atoms with Crippen molar-refractivity contribution in [1.29, 1.82) is 0 Å². The van der Waals surface area contributed by atoms with E-state index in [4.69, 9.17) is 80.3 Å². The molecule has 0 radical (unpaired) electrons. The molecule has 0 aliphatic carbocycles. The van der Waals surface area contributed by atoms with E-state index in [0.29, 0.717) is 86.7 Å². The fourth-order valence-corrected chi connectivity index (χ4v) is 9.38. The van der Waals surface area contributed by atoms with E-state index >= 15 is 0 Å². The molecule has 15 N–H and O–H groups in total. The monoisotopic (exact) mass is 1570 g/mol. The first-order valence-electron chi connectivity index (χ1n) is 32.2. The number of para-hydroxylation sites is 2. The van der Waals surface area contributed by atoms with Crippen molar-refractivity contribution in [3.8, 4) is 11.5 Å². The summed E-state index contributed by atoms with van der Waals surface area (Å²) in [6, 6.07) is 66.5. The second kappa shape index (κ2) is 44.3. The minimum atomic E-state index is -0.598. The van der Waals surface area contributed by atoms with Gasteiger partial charge in [-0.2, -0.15) is 0 Å². The highest BCUT2D eigenvalue weighted by atomic mass is 35.5. The Morgan fingerprint density at radius 3 is 1.01 bits per heavy atom. The van der Waals surface area contributed by atoms with Gasteiger partial charge in [0.05, 0.1) is 24.3 Å². The number of thiocarbonyl (C=S) groups is 2. The lowest BCUT2D eigenvalue weighted by molar-refractivity contribution is 0.0931. The number of methoxy groups -OCH3 is 2. The van der Waals surface area contributed by atoms with Gasteiger partial charge in [-0.15, -0.1) is 0 Å². The third-order valence-corrected chi connectivity index (χ3v) is 16.0. The van der Waals surface area contributed by atoms with Crippen LogP contribution in [-0.2, 0) is 0 Å². The zero-order valence-corrected chi connectivity index (χ0v) is 63.6. The standard InChI is InChI=1S/C16H16ClN3O3.C16H17N3O2S.C15H13Cl2N3O2.C15H14ClN3O2.C15H15N3OS/c1-10-3-6-12(9-14(10)17)18-16(22)20-19-15(21)11-4-7-13(23-2)8-5-11;1-11-5-3-4-6-14(11)17-16(22)19-18-15(20)12-7-9-13(21-2)10-8-12;1-9-2-4-10(5-3-9)14(21)19-20-15(22)18-11-6-7-12(16)13(17)8-11;1-10-5-7-11(8-6-10)14(20)18-19-15(21)17-13-4-2-3-12(16)9-13;1-11-7-9-12(10-8-11)14(19)17-18-15(20)16-13-5-3-2-4-6-13/h3-9H,1-2H3,(H,19,21)(H2,18,20,22);3-10H,1-2H3,(H,18,20)(H2,17,19,22);2-8H,1H3,(H,19,21)(H2,18,20,22);2-9H,1H3,(H,18,20)(H2,17,19,21);2-10H,1H3,(H,17,19)(H2,16,18,20). The maximum atomic E-state index is 12.0. The molecule has 0 saturated carbocycles. The highest BCUT2D eigenvalue weighted by Gasteiger charge is 2.13. The van der Waals surface area contributed by atoms with E-state index in [2.05, 4.69) is 80.8 Å². The number of halogens is 4. The molecule has 0 aliphatic rings. The highest BCUT2D eigenvalue weighted by molar-refractivity contribution is 7.80. The van der Waals surface area contributed by atoms with E-state index in [-0.39, 0.29) is 11.8 Å². The molecule has 0 aliphatic heterocycles. The summed E-state index contributed by atoms with van der Waals surface area (Å²) in [4.78, 5) is 94.4. The topological polar surface area (TPSA) is 335 Å². The molecule has 0 saturated heterocycles. The Kier molecular flexibility index (Phi) is 34.7. The quantitative estimate of drug-likeness (QED) is 0.0399. The maximum absolute atomic E-state index is 12.0. The molecule has 10 aromatic carbocycles. The average Bonchev–Trinajstić information content (AvgIpc) is 0.888. The number of hydrazine groups is 5. The minimum absolute atomic E-state index is 0.234. The van der Waals surface area contributed by atoms with Crippen molar-refractivity contribution in [1.82, 2.24) is 54.3 Å². The number of urea groups is 3. The van der Waals surface area contributed by atoms with Crippen LogP contribution in [-0.4, -0.2) is 72.1 Å². The van der Waals surface area contributed by atoms with E-state index in [9.17, 15) is 38.4 Å². The maximum Gasteiger partial charge on any atom is 0.337 e. The number of benzene rings is 10. The van der Waals surface area contributed by atoms with E-state index in [1.807, 2.05) is 126 Å². The number of ether oxygens (including phenoxy) is 2. The number of aryl methyl sites for hydroxylation is 5. The molecular formula is C77H75Cl4N15O10S2. The van der Waals surface area contributed by atoms with Crippen molar-refractivity contribution < 1.29 is 47.8 Å². The number of rotatable bonds is 12. The second-order valence-electron chi connectivity index (χ2n) is 22.5. The first kappa shape index (κ1) is 84.4. The fraction of sp³-hybridized carbons (Fsp3) is 0.0909. The van der Waals surface area contributed by atoms with Crippen LogP contribution >= 0.6 is 70.8 Å². The number of hydrogen-bond donors (Lipinski definition) is 15. The highest BCUT2D eigenvalue weighted by Crippen LogP contribution is 2.25. The Hall–Kier alpha value is -12.5. The van der Waals surface area contributed by atoms with Crippen LogP contribution in [0.2, 0.25) is 20.1 Å². The molecule has 0 fully saturated rings. The molecular weight excluding hydrogens is 1500 g/mol.